The van der Waals surface area contributed by atoms with Gasteiger partial charge in [-0.25, -0.2) is 4.99 Å². The van der Waals surface area contributed by atoms with Gasteiger partial charge in [-0.15, -0.1) is 0 Å². The third-order valence-electron chi connectivity index (χ3n) is 4.17. The highest BCUT2D eigenvalue weighted by atomic mass is 16.5. The summed E-state index contributed by atoms with van der Waals surface area (Å²) in [7, 11) is 3.41. The van der Waals surface area contributed by atoms with E-state index in [2.05, 4.69) is 15.2 Å². The van der Waals surface area contributed by atoms with Crippen LogP contribution in [0.1, 0.15) is 12.0 Å². The molecule has 1 aliphatic rings. The molecule has 23 heavy (non-hydrogen) atoms. The molecule has 1 atom stereocenters. The minimum absolute atomic E-state index is 0.492. The normalized spacial score (nSPS) is 19.0. The van der Waals surface area contributed by atoms with Gasteiger partial charge in [0.25, 0.3) is 0 Å². The van der Waals surface area contributed by atoms with Crippen molar-refractivity contribution in [1.82, 2.24) is 10.2 Å². The number of guanidine groups is 1. The Balaban J connectivity index is 1.73. The van der Waals surface area contributed by atoms with Crippen molar-refractivity contribution in [1.29, 1.82) is 0 Å². The molecule has 0 saturated carbocycles. The average molecular weight is 320 g/mol. The Morgan fingerprint density at radius 1 is 1.39 bits per heavy atom. The van der Waals surface area contributed by atoms with Crippen molar-refractivity contribution in [2.24, 2.45) is 16.6 Å². The number of benzene rings is 1. The van der Waals surface area contributed by atoms with Crippen LogP contribution in [-0.2, 0) is 11.3 Å². The second kappa shape index (κ2) is 9.37. The number of hydrogen-bond donors (Lipinski definition) is 2. The van der Waals surface area contributed by atoms with Crippen molar-refractivity contribution >= 4 is 5.96 Å². The molecule has 0 aliphatic carbocycles. The largest absolute Gasteiger partial charge is 0.496 e. The molecule has 1 saturated heterocycles. The number of rotatable bonds is 8. The second-order valence-electron chi connectivity index (χ2n) is 5.84. The molecule has 128 valence electrons. The molecule has 0 spiro atoms. The van der Waals surface area contributed by atoms with E-state index < -0.39 is 0 Å². The van der Waals surface area contributed by atoms with E-state index in [-0.39, 0.29) is 0 Å². The molecule has 1 aromatic carbocycles. The van der Waals surface area contributed by atoms with E-state index in [9.17, 15) is 0 Å². The van der Waals surface area contributed by atoms with E-state index in [1.165, 1.54) is 6.42 Å². The number of ether oxygens (including phenoxy) is 2. The van der Waals surface area contributed by atoms with E-state index in [4.69, 9.17) is 15.2 Å². The maximum absolute atomic E-state index is 5.97. The van der Waals surface area contributed by atoms with Gasteiger partial charge in [-0.2, -0.15) is 0 Å². The number of nitrogens with two attached hydrogens (primary N) is 1. The van der Waals surface area contributed by atoms with E-state index in [0.29, 0.717) is 18.4 Å². The van der Waals surface area contributed by atoms with Gasteiger partial charge < -0.3 is 25.4 Å². The van der Waals surface area contributed by atoms with Gasteiger partial charge in [0.2, 0.25) is 0 Å². The molecular formula is C17H28N4O2. The van der Waals surface area contributed by atoms with Crippen molar-refractivity contribution < 1.29 is 9.47 Å². The number of nitrogens with one attached hydrogen (secondary N) is 1. The number of nitrogens with zero attached hydrogens (tertiary/aromatic N) is 2. The first-order valence-corrected chi connectivity index (χ1v) is 8.10. The highest BCUT2D eigenvalue weighted by Gasteiger charge is 2.21. The first kappa shape index (κ1) is 17.6. The van der Waals surface area contributed by atoms with Crippen molar-refractivity contribution in [3.8, 4) is 5.75 Å². The number of aliphatic imine (C=N–C) groups is 1. The fourth-order valence-electron chi connectivity index (χ4n) is 2.81. The molecule has 0 amide bonds. The number of para-hydroxylation sites is 1. The third kappa shape index (κ3) is 5.73. The highest BCUT2D eigenvalue weighted by Crippen LogP contribution is 2.18. The molecule has 3 N–H and O–H groups in total. The lowest BCUT2D eigenvalue weighted by molar-refractivity contribution is 0.159. The third-order valence-corrected chi connectivity index (χ3v) is 4.17. The smallest absolute Gasteiger partial charge is 0.188 e. The Morgan fingerprint density at radius 3 is 3.00 bits per heavy atom. The van der Waals surface area contributed by atoms with Crippen molar-refractivity contribution in [3.05, 3.63) is 29.8 Å². The molecule has 0 radical (unpaired) electrons. The molecule has 1 aliphatic heterocycles. The first-order chi connectivity index (χ1) is 11.2. The second-order valence-corrected chi connectivity index (χ2v) is 5.84. The summed E-state index contributed by atoms with van der Waals surface area (Å²) in [6, 6.07) is 7.86. The Morgan fingerprint density at radius 2 is 2.22 bits per heavy atom. The van der Waals surface area contributed by atoms with Crippen LogP contribution >= 0.6 is 0 Å². The van der Waals surface area contributed by atoms with Gasteiger partial charge in [0.15, 0.2) is 5.96 Å². The Labute approximate surface area is 138 Å². The standard InChI is InChI=1S/C17H28N4O2/c1-22-10-9-21-8-7-14(13-21)11-19-17(18)20-12-15-5-3-4-6-16(15)23-2/h3-6,14H,7-13H2,1-2H3,(H3,18,19,20). The molecule has 0 bridgehead atoms. The van der Waals surface area contributed by atoms with Gasteiger partial charge in [0.1, 0.15) is 5.75 Å². The Hall–Kier alpha value is -1.79. The van der Waals surface area contributed by atoms with Gasteiger partial charge in [-0.05, 0) is 24.9 Å². The van der Waals surface area contributed by atoms with Crippen molar-refractivity contribution in [2.75, 3.05) is 47.0 Å². The molecule has 0 aromatic heterocycles. The topological polar surface area (TPSA) is 72.1 Å². The average Bonchev–Trinajstić information content (AvgIpc) is 3.04. The van der Waals surface area contributed by atoms with Crippen LogP contribution in [0.3, 0.4) is 0 Å². The van der Waals surface area contributed by atoms with Gasteiger partial charge in [-0.1, -0.05) is 18.2 Å². The fraction of sp³-hybridized carbons (Fsp3) is 0.588. The van der Waals surface area contributed by atoms with Crippen molar-refractivity contribution in [3.63, 3.8) is 0 Å². The summed E-state index contributed by atoms with van der Waals surface area (Å²) >= 11 is 0. The van der Waals surface area contributed by atoms with Crippen molar-refractivity contribution in [2.45, 2.75) is 13.0 Å². The predicted molar refractivity (Wildman–Crippen MR) is 92.7 cm³/mol. The van der Waals surface area contributed by atoms with Gasteiger partial charge >= 0.3 is 0 Å². The summed E-state index contributed by atoms with van der Waals surface area (Å²) in [6.07, 6.45) is 1.19. The molecule has 1 unspecified atom stereocenters. The van der Waals surface area contributed by atoms with Crippen LogP contribution in [0.15, 0.2) is 29.3 Å². The monoisotopic (exact) mass is 320 g/mol. The minimum Gasteiger partial charge on any atom is -0.496 e. The summed E-state index contributed by atoms with van der Waals surface area (Å²) in [4.78, 5) is 6.83. The van der Waals surface area contributed by atoms with E-state index in [0.717, 1.165) is 44.1 Å². The molecule has 2 rings (SSSR count). The maximum atomic E-state index is 5.97. The van der Waals surface area contributed by atoms with Crippen LogP contribution in [0.5, 0.6) is 5.75 Å². The summed E-state index contributed by atoms with van der Waals surface area (Å²) < 4.78 is 10.4. The summed E-state index contributed by atoms with van der Waals surface area (Å²) in [6.45, 7) is 5.41. The predicted octanol–water partition coefficient (Wildman–Crippen LogP) is 1.07. The van der Waals surface area contributed by atoms with E-state index >= 15 is 0 Å². The van der Waals surface area contributed by atoms with Crippen LogP contribution < -0.4 is 15.8 Å². The molecule has 6 heteroatoms. The van der Waals surface area contributed by atoms with Gasteiger partial charge in [-0.3, -0.25) is 0 Å². The number of methoxy groups -OCH3 is 2. The van der Waals surface area contributed by atoms with E-state index in [1.54, 1.807) is 14.2 Å². The SMILES string of the molecule is COCCN1CCC(CNC(N)=NCc2ccccc2OC)C1. The minimum atomic E-state index is 0.492. The van der Waals surface area contributed by atoms with Crippen LogP contribution in [-0.4, -0.2) is 57.9 Å². The lowest BCUT2D eigenvalue weighted by Gasteiger charge is -2.15. The molecular weight excluding hydrogens is 292 g/mol. The Bertz CT molecular complexity index is 507. The maximum Gasteiger partial charge on any atom is 0.188 e. The van der Waals surface area contributed by atoms with Crippen LogP contribution in [0.2, 0.25) is 0 Å². The number of hydrogen-bond acceptors (Lipinski definition) is 4. The molecule has 1 heterocycles. The highest BCUT2D eigenvalue weighted by molar-refractivity contribution is 5.77. The molecule has 6 nitrogen and oxygen atoms in total. The van der Waals surface area contributed by atoms with E-state index in [1.807, 2.05) is 24.3 Å². The summed E-state index contributed by atoms with van der Waals surface area (Å²) in [5.74, 6) is 1.95. The zero-order valence-electron chi connectivity index (χ0n) is 14.1. The van der Waals surface area contributed by atoms with Gasteiger partial charge in [0, 0.05) is 32.3 Å². The Kier molecular flexibility index (Phi) is 7.16. The quantitative estimate of drug-likeness (QED) is 0.554. The van der Waals surface area contributed by atoms with Crippen LogP contribution in [0, 0.1) is 5.92 Å². The number of likely N-dealkylation sites (tertiary alicyclic amines) is 1. The fourth-order valence-corrected chi connectivity index (χ4v) is 2.81. The van der Waals surface area contributed by atoms with Crippen LogP contribution in [0.25, 0.3) is 0 Å². The van der Waals surface area contributed by atoms with Crippen LogP contribution in [0.4, 0.5) is 0 Å². The zero-order chi connectivity index (χ0) is 16.5. The molecule has 1 aromatic rings. The first-order valence-electron chi connectivity index (χ1n) is 8.10. The zero-order valence-corrected chi connectivity index (χ0v) is 14.1. The lowest BCUT2D eigenvalue weighted by atomic mass is 10.1. The molecule has 1 fully saturated rings. The lowest BCUT2D eigenvalue weighted by Crippen LogP contribution is -2.36. The summed E-state index contributed by atoms with van der Waals surface area (Å²) in [5.41, 5.74) is 7.00. The summed E-state index contributed by atoms with van der Waals surface area (Å²) in [5, 5.41) is 3.24. The van der Waals surface area contributed by atoms with Gasteiger partial charge in [0.05, 0.1) is 20.3 Å².